The van der Waals surface area contributed by atoms with E-state index in [4.69, 9.17) is 4.74 Å². The van der Waals surface area contributed by atoms with Crippen molar-refractivity contribution in [2.75, 3.05) is 19.4 Å². The van der Waals surface area contributed by atoms with Gasteiger partial charge in [0.1, 0.15) is 5.54 Å². The minimum atomic E-state index is -1.20. The zero-order valence-electron chi connectivity index (χ0n) is 18.4. The van der Waals surface area contributed by atoms with Crippen LogP contribution < -0.4 is 5.32 Å². The van der Waals surface area contributed by atoms with Gasteiger partial charge in [0.2, 0.25) is 11.8 Å². The van der Waals surface area contributed by atoms with Crippen LogP contribution in [-0.2, 0) is 19.1 Å². The Hall–Kier alpha value is -1.86. The molecular formula is C23H32N2O4S. The van der Waals surface area contributed by atoms with Crippen LogP contribution in [0.1, 0.15) is 52.1 Å². The predicted octanol–water partition coefficient (Wildman–Crippen LogP) is 3.41. The molecule has 4 atom stereocenters. The number of hydrogen-bond donors (Lipinski definition) is 1. The van der Waals surface area contributed by atoms with Crippen molar-refractivity contribution in [2.24, 2.45) is 17.8 Å². The van der Waals surface area contributed by atoms with Crippen molar-refractivity contribution in [1.29, 1.82) is 0 Å². The molecule has 0 spiro atoms. The van der Waals surface area contributed by atoms with Crippen molar-refractivity contribution in [1.82, 2.24) is 10.2 Å². The molecule has 164 valence electrons. The van der Waals surface area contributed by atoms with Crippen molar-refractivity contribution < 1.29 is 19.1 Å². The highest BCUT2D eigenvalue weighted by molar-refractivity contribution is 7.99. The lowest BCUT2D eigenvalue weighted by molar-refractivity contribution is -0.155. The fraction of sp³-hybridized carbons (Fsp3) is 0.609. The molecular weight excluding hydrogens is 400 g/mol. The van der Waals surface area contributed by atoms with Crippen LogP contribution in [0.15, 0.2) is 29.2 Å². The van der Waals surface area contributed by atoms with Crippen LogP contribution in [-0.4, -0.2) is 47.6 Å². The van der Waals surface area contributed by atoms with Gasteiger partial charge in [-0.15, -0.1) is 11.8 Å². The largest absolute Gasteiger partial charge is 0.468 e. The maximum absolute atomic E-state index is 13.2. The Morgan fingerprint density at radius 2 is 1.87 bits per heavy atom. The van der Waals surface area contributed by atoms with E-state index < -0.39 is 29.4 Å². The Balaban J connectivity index is 2.05. The monoisotopic (exact) mass is 432 g/mol. The maximum Gasteiger partial charge on any atom is 0.326 e. The summed E-state index contributed by atoms with van der Waals surface area (Å²) in [7, 11) is 1.34. The summed E-state index contributed by atoms with van der Waals surface area (Å²) in [6.07, 6.45) is 1.53. The van der Waals surface area contributed by atoms with E-state index >= 15 is 0 Å². The smallest absolute Gasteiger partial charge is 0.326 e. The Morgan fingerprint density at radius 1 is 1.20 bits per heavy atom. The van der Waals surface area contributed by atoms with Crippen molar-refractivity contribution in [3.05, 3.63) is 29.8 Å². The number of amides is 2. The lowest BCUT2D eigenvalue weighted by Gasteiger charge is -2.33. The number of hydrogen-bond acceptors (Lipinski definition) is 6. The average molecular weight is 433 g/mol. The molecule has 0 saturated carbocycles. The summed E-state index contributed by atoms with van der Waals surface area (Å²) in [5, 5.41) is 3.42. The van der Waals surface area contributed by atoms with Gasteiger partial charge in [-0.2, -0.15) is 0 Å². The number of esters is 1. The zero-order chi connectivity index (χ0) is 22.1. The van der Waals surface area contributed by atoms with Crippen molar-refractivity contribution in [3.8, 4) is 0 Å². The van der Waals surface area contributed by atoms with Crippen LogP contribution >= 0.6 is 11.8 Å². The molecule has 3 rings (SSSR count). The summed E-state index contributed by atoms with van der Waals surface area (Å²) in [4.78, 5) is 42.0. The zero-order valence-corrected chi connectivity index (χ0v) is 19.3. The molecule has 1 aromatic carbocycles. The lowest BCUT2D eigenvalue weighted by atomic mass is 9.75. The molecule has 0 aliphatic carbocycles. The number of thioether (sulfide) groups is 1. The van der Waals surface area contributed by atoms with E-state index in [1.807, 2.05) is 38.1 Å². The first kappa shape index (κ1) is 22.8. The summed E-state index contributed by atoms with van der Waals surface area (Å²) in [6, 6.07) is 7.69. The van der Waals surface area contributed by atoms with Crippen molar-refractivity contribution >= 4 is 29.5 Å². The summed E-state index contributed by atoms with van der Waals surface area (Å²) < 4.78 is 5.16. The van der Waals surface area contributed by atoms with Crippen molar-refractivity contribution in [3.63, 3.8) is 0 Å². The van der Waals surface area contributed by atoms with Gasteiger partial charge in [-0.05, 0) is 49.1 Å². The van der Waals surface area contributed by atoms with Gasteiger partial charge < -0.3 is 4.74 Å². The van der Waals surface area contributed by atoms with E-state index in [9.17, 15) is 14.4 Å². The first-order valence-electron chi connectivity index (χ1n) is 10.7. The van der Waals surface area contributed by atoms with E-state index in [0.717, 1.165) is 17.7 Å². The van der Waals surface area contributed by atoms with Crippen LogP contribution in [0.25, 0.3) is 0 Å². The second-order valence-electron chi connectivity index (χ2n) is 8.52. The van der Waals surface area contributed by atoms with E-state index in [0.29, 0.717) is 13.0 Å². The normalized spacial score (nSPS) is 28.3. The Labute approximate surface area is 183 Å². The van der Waals surface area contributed by atoms with E-state index in [1.165, 1.54) is 16.9 Å². The third-order valence-electron chi connectivity index (χ3n) is 6.05. The quantitative estimate of drug-likeness (QED) is 0.385. The molecule has 1 aromatic rings. The molecule has 30 heavy (non-hydrogen) atoms. The number of rotatable bonds is 8. The summed E-state index contributed by atoms with van der Waals surface area (Å²) in [5.74, 6) is -1.12. The molecule has 2 amide bonds. The molecule has 2 aliphatic heterocycles. The maximum atomic E-state index is 13.2. The third kappa shape index (κ3) is 3.78. The van der Waals surface area contributed by atoms with Crippen LogP contribution in [0.3, 0.4) is 0 Å². The first-order valence-corrected chi connectivity index (χ1v) is 11.7. The van der Waals surface area contributed by atoms with Gasteiger partial charge in [-0.25, -0.2) is 0 Å². The Morgan fingerprint density at radius 3 is 2.40 bits per heavy atom. The third-order valence-corrected chi connectivity index (χ3v) is 7.27. The number of likely N-dealkylation sites (tertiary alicyclic amines) is 1. The fourth-order valence-electron chi connectivity index (χ4n) is 4.94. The summed E-state index contributed by atoms with van der Waals surface area (Å²) >= 11 is 1.79. The minimum absolute atomic E-state index is 0.141. The predicted molar refractivity (Wildman–Crippen MR) is 117 cm³/mol. The molecule has 2 fully saturated rings. The van der Waals surface area contributed by atoms with Gasteiger partial charge in [0.25, 0.3) is 0 Å². The number of carbonyl (C=O) groups is 3. The first-order chi connectivity index (χ1) is 14.3. The molecule has 0 aromatic heterocycles. The standard InChI is InChI=1S/C23H32N2O4S/c1-6-12-30-16-10-8-15(9-11-16)19-17-18(21(27)25(7-2)20(17)26)23(24-19,13-14(3)4)22(28)29-5/h8-11,14,17-19,24H,6-7,12-13H2,1-5H3/t17-,18-,19-,23-/m1/s1. The van der Waals surface area contributed by atoms with Gasteiger partial charge in [-0.1, -0.05) is 32.9 Å². The molecule has 2 saturated heterocycles. The fourth-order valence-corrected chi connectivity index (χ4v) is 5.71. The second kappa shape index (κ2) is 9.10. The highest BCUT2D eigenvalue weighted by atomic mass is 32.2. The number of carbonyl (C=O) groups excluding carboxylic acids is 3. The SMILES string of the molecule is CCCSc1ccc([C@H]2N[C@@](CC(C)C)(C(=O)OC)[C@H]3C(=O)N(CC)C(=O)[C@@H]23)cc1. The van der Waals surface area contributed by atoms with E-state index in [2.05, 4.69) is 12.2 Å². The molecule has 2 aliphatic rings. The van der Waals surface area contributed by atoms with E-state index in [1.54, 1.807) is 18.7 Å². The van der Waals surface area contributed by atoms with Gasteiger partial charge in [0.15, 0.2) is 0 Å². The van der Waals surface area contributed by atoms with Gasteiger partial charge in [0.05, 0.1) is 18.9 Å². The lowest BCUT2D eigenvalue weighted by Crippen LogP contribution is -2.57. The minimum Gasteiger partial charge on any atom is -0.468 e. The highest BCUT2D eigenvalue weighted by Gasteiger charge is 2.68. The van der Waals surface area contributed by atoms with Crippen LogP contribution in [0.2, 0.25) is 0 Å². The molecule has 2 heterocycles. The molecule has 6 nitrogen and oxygen atoms in total. The number of methoxy groups -OCH3 is 1. The number of ether oxygens (including phenoxy) is 1. The van der Waals surface area contributed by atoms with E-state index in [-0.39, 0.29) is 17.7 Å². The number of nitrogens with zero attached hydrogens (tertiary/aromatic N) is 1. The molecule has 0 bridgehead atoms. The highest BCUT2D eigenvalue weighted by Crippen LogP contribution is 2.51. The van der Waals surface area contributed by atoms with Gasteiger partial charge in [0, 0.05) is 17.5 Å². The number of fused-ring (bicyclic) bond motifs is 1. The number of imide groups is 1. The molecule has 1 N–H and O–H groups in total. The van der Waals surface area contributed by atoms with Crippen LogP contribution in [0, 0.1) is 17.8 Å². The second-order valence-corrected chi connectivity index (χ2v) is 9.69. The average Bonchev–Trinajstić information content (AvgIpc) is 3.20. The van der Waals surface area contributed by atoms with Gasteiger partial charge in [-0.3, -0.25) is 24.6 Å². The summed E-state index contributed by atoms with van der Waals surface area (Å²) in [5.41, 5.74) is -0.288. The molecule has 0 radical (unpaired) electrons. The van der Waals surface area contributed by atoms with Crippen LogP contribution in [0.5, 0.6) is 0 Å². The molecule has 7 heteroatoms. The number of benzene rings is 1. The molecule has 0 unspecified atom stereocenters. The number of nitrogens with one attached hydrogen (secondary N) is 1. The Bertz CT molecular complexity index is 810. The van der Waals surface area contributed by atoms with Crippen molar-refractivity contribution in [2.45, 2.75) is 57.0 Å². The topological polar surface area (TPSA) is 75.7 Å². The summed E-state index contributed by atoms with van der Waals surface area (Å²) in [6.45, 7) is 8.26. The van der Waals surface area contributed by atoms with Crippen LogP contribution in [0.4, 0.5) is 0 Å². The van der Waals surface area contributed by atoms with Gasteiger partial charge >= 0.3 is 5.97 Å². The Kier molecular flexibility index (Phi) is 6.92.